The normalized spacial score (nSPS) is 13.3. The monoisotopic (exact) mass is 362 g/mol. The molecule has 0 aromatic heterocycles. The van der Waals surface area contributed by atoms with Crippen molar-refractivity contribution in [2.24, 2.45) is 5.41 Å². The van der Waals surface area contributed by atoms with Crippen LogP contribution in [0.1, 0.15) is 87.6 Å². The van der Waals surface area contributed by atoms with Crippen LogP contribution in [0.5, 0.6) is 0 Å². The maximum absolute atomic E-state index is 2.36. The van der Waals surface area contributed by atoms with E-state index in [-0.39, 0.29) is 0 Å². The molecule has 0 saturated carbocycles. The first-order valence-corrected chi connectivity index (χ1v) is 10.7. The molecule has 146 valence electrons. The van der Waals surface area contributed by atoms with Crippen LogP contribution in [0.15, 0.2) is 48.5 Å². The predicted octanol–water partition coefficient (Wildman–Crippen LogP) is 8.13. The van der Waals surface area contributed by atoms with Crippen molar-refractivity contribution >= 4 is 6.08 Å². The Morgan fingerprint density at radius 1 is 0.926 bits per heavy atom. The zero-order valence-electron chi connectivity index (χ0n) is 18.3. The topological polar surface area (TPSA) is 0 Å². The van der Waals surface area contributed by atoms with E-state index < -0.39 is 0 Å². The summed E-state index contributed by atoms with van der Waals surface area (Å²) in [6.07, 6.45) is 10.3. The van der Waals surface area contributed by atoms with Gasteiger partial charge in [-0.05, 0) is 78.2 Å². The number of allylic oxidation sites excluding steroid dienone is 1. The SMILES string of the molecule is CC/C=C\c1c(C)cccc1CCc1ccc(C(CC)CC(C)(C)C)cc1. The van der Waals surface area contributed by atoms with E-state index in [1.54, 1.807) is 0 Å². The molecule has 2 aromatic carbocycles. The summed E-state index contributed by atoms with van der Waals surface area (Å²) in [6.45, 7) is 13.8. The maximum Gasteiger partial charge on any atom is -0.0160 e. The number of hydrogen-bond donors (Lipinski definition) is 0. The fourth-order valence-corrected chi connectivity index (χ4v) is 3.91. The molecule has 0 nitrogen and oxygen atoms in total. The lowest BCUT2D eigenvalue weighted by Gasteiger charge is -2.25. The summed E-state index contributed by atoms with van der Waals surface area (Å²) in [7, 11) is 0. The van der Waals surface area contributed by atoms with Gasteiger partial charge < -0.3 is 0 Å². The van der Waals surface area contributed by atoms with Crippen LogP contribution in [0.25, 0.3) is 6.08 Å². The Labute approximate surface area is 167 Å². The van der Waals surface area contributed by atoms with Gasteiger partial charge in [-0.15, -0.1) is 0 Å². The van der Waals surface area contributed by atoms with E-state index in [0.717, 1.165) is 19.3 Å². The fourth-order valence-electron chi connectivity index (χ4n) is 3.91. The summed E-state index contributed by atoms with van der Waals surface area (Å²) in [5.41, 5.74) is 7.57. The van der Waals surface area contributed by atoms with Crippen molar-refractivity contribution in [3.05, 3.63) is 76.4 Å². The predicted molar refractivity (Wildman–Crippen MR) is 121 cm³/mol. The standard InChI is InChI=1S/C27H38/c1-7-9-13-26-21(3)11-10-12-25(26)19-16-22-14-17-24(18-15-22)23(8-2)20-27(4,5)6/h9-15,17-18,23H,7-8,16,19-20H2,1-6H3/b13-9-. The van der Waals surface area contributed by atoms with E-state index >= 15 is 0 Å². The number of aryl methyl sites for hydroxylation is 3. The van der Waals surface area contributed by atoms with Crippen molar-refractivity contribution in [3.8, 4) is 0 Å². The molecule has 0 heterocycles. The van der Waals surface area contributed by atoms with E-state index in [4.69, 9.17) is 0 Å². The van der Waals surface area contributed by atoms with Gasteiger partial charge in [0.05, 0.1) is 0 Å². The summed E-state index contributed by atoms with van der Waals surface area (Å²) < 4.78 is 0. The van der Waals surface area contributed by atoms with Gasteiger partial charge in [-0.25, -0.2) is 0 Å². The first-order chi connectivity index (χ1) is 12.8. The first kappa shape index (κ1) is 21.5. The largest absolute Gasteiger partial charge is 0.0842 e. The third-order valence-corrected chi connectivity index (χ3v) is 5.42. The molecule has 0 fully saturated rings. The minimum Gasteiger partial charge on any atom is -0.0842 e. The highest BCUT2D eigenvalue weighted by Gasteiger charge is 2.18. The van der Waals surface area contributed by atoms with E-state index in [9.17, 15) is 0 Å². The van der Waals surface area contributed by atoms with E-state index in [0.29, 0.717) is 11.3 Å². The van der Waals surface area contributed by atoms with Crippen molar-refractivity contribution in [3.63, 3.8) is 0 Å². The molecule has 0 aliphatic heterocycles. The zero-order chi connectivity index (χ0) is 19.9. The van der Waals surface area contributed by atoms with Gasteiger partial charge in [-0.3, -0.25) is 0 Å². The lowest BCUT2D eigenvalue weighted by Crippen LogP contribution is -2.11. The molecule has 0 N–H and O–H groups in total. The third kappa shape index (κ3) is 6.69. The molecule has 1 unspecified atom stereocenters. The van der Waals surface area contributed by atoms with Crippen LogP contribution in [0.2, 0.25) is 0 Å². The van der Waals surface area contributed by atoms with Gasteiger partial charge in [0.2, 0.25) is 0 Å². The Bertz CT molecular complexity index is 726. The Hall–Kier alpha value is -1.82. The van der Waals surface area contributed by atoms with Crippen molar-refractivity contribution in [2.45, 2.75) is 79.6 Å². The molecule has 0 heteroatoms. The lowest BCUT2D eigenvalue weighted by molar-refractivity contribution is 0.335. The Balaban J connectivity index is 2.08. The first-order valence-electron chi connectivity index (χ1n) is 10.7. The molecule has 0 aliphatic carbocycles. The zero-order valence-corrected chi connectivity index (χ0v) is 18.3. The van der Waals surface area contributed by atoms with Crippen molar-refractivity contribution in [1.29, 1.82) is 0 Å². The molecule has 0 bridgehead atoms. The highest BCUT2D eigenvalue weighted by Crippen LogP contribution is 2.33. The summed E-state index contributed by atoms with van der Waals surface area (Å²) in [5.74, 6) is 0.668. The van der Waals surface area contributed by atoms with Gasteiger partial charge >= 0.3 is 0 Å². The van der Waals surface area contributed by atoms with Gasteiger partial charge in [0.15, 0.2) is 0 Å². The average Bonchev–Trinajstić information content (AvgIpc) is 2.63. The van der Waals surface area contributed by atoms with Gasteiger partial charge in [0.1, 0.15) is 0 Å². The van der Waals surface area contributed by atoms with Gasteiger partial charge in [0.25, 0.3) is 0 Å². The highest BCUT2D eigenvalue weighted by atomic mass is 14.2. The Morgan fingerprint density at radius 3 is 2.22 bits per heavy atom. The fraction of sp³-hybridized carbons (Fsp3) is 0.481. The quantitative estimate of drug-likeness (QED) is 0.444. The second-order valence-electron chi connectivity index (χ2n) is 9.07. The van der Waals surface area contributed by atoms with Crippen molar-refractivity contribution in [2.75, 3.05) is 0 Å². The van der Waals surface area contributed by atoms with Gasteiger partial charge in [0, 0.05) is 0 Å². The minimum atomic E-state index is 0.382. The number of hydrogen-bond acceptors (Lipinski definition) is 0. The summed E-state index contributed by atoms with van der Waals surface area (Å²) >= 11 is 0. The minimum absolute atomic E-state index is 0.382. The van der Waals surface area contributed by atoms with Gasteiger partial charge in [-0.1, -0.05) is 89.2 Å². The molecule has 0 radical (unpaired) electrons. The molecule has 0 amide bonds. The highest BCUT2D eigenvalue weighted by molar-refractivity contribution is 5.58. The van der Waals surface area contributed by atoms with E-state index in [1.165, 1.54) is 40.7 Å². The molecular weight excluding hydrogens is 324 g/mol. The lowest BCUT2D eigenvalue weighted by atomic mass is 9.80. The van der Waals surface area contributed by atoms with Crippen molar-refractivity contribution in [1.82, 2.24) is 0 Å². The van der Waals surface area contributed by atoms with Gasteiger partial charge in [-0.2, -0.15) is 0 Å². The second kappa shape index (κ2) is 9.93. The molecule has 0 aliphatic rings. The van der Waals surface area contributed by atoms with Crippen LogP contribution < -0.4 is 0 Å². The third-order valence-electron chi connectivity index (χ3n) is 5.42. The molecule has 2 aromatic rings. The second-order valence-corrected chi connectivity index (χ2v) is 9.07. The summed E-state index contributed by atoms with van der Waals surface area (Å²) in [6, 6.07) is 16.1. The van der Waals surface area contributed by atoms with Crippen LogP contribution >= 0.6 is 0 Å². The maximum atomic E-state index is 2.36. The molecular formula is C27H38. The summed E-state index contributed by atoms with van der Waals surface area (Å²) in [5, 5.41) is 0. The smallest absolute Gasteiger partial charge is 0.0160 e. The molecule has 0 spiro atoms. The van der Waals surface area contributed by atoms with Crippen molar-refractivity contribution < 1.29 is 0 Å². The van der Waals surface area contributed by atoms with Crippen LogP contribution in [0.3, 0.4) is 0 Å². The van der Waals surface area contributed by atoms with E-state index in [1.807, 2.05) is 0 Å². The number of benzene rings is 2. The van der Waals surface area contributed by atoms with Crippen LogP contribution in [0.4, 0.5) is 0 Å². The van der Waals surface area contributed by atoms with Crippen LogP contribution in [-0.2, 0) is 12.8 Å². The summed E-state index contributed by atoms with van der Waals surface area (Å²) in [4.78, 5) is 0. The molecule has 0 saturated heterocycles. The average molecular weight is 363 g/mol. The molecule has 27 heavy (non-hydrogen) atoms. The van der Waals surface area contributed by atoms with Crippen LogP contribution in [-0.4, -0.2) is 0 Å². The van der Waals surface area contributed by atoms with E-state index in [2.05, 4.69) is 96.2 Å². The molecule has 1 atom stereocenters. The Morgan fingerprint density at radius 2 is 1.63 bits per heavy atom. The number of rotatable bonds is 8. The Kier molecular flexibility index (Phi) is 7.90. The molecule has 2 rings (SSSR count). The van der Waals surface area contributed by atoms with Crippen LogP contribution in [0, 0.1) is 12.3 Å².